The van der Waals surface area contributed by atoms with Gasteiger partial charge in [-0.1, -0.05) is 44.9 Å². The number of nitrogens with one attached hydrogen (secondary N) is 1. The van der Waals surface area contributed by atoms with E-state index in [0.717, 1.165) is 18.4 Å². The second kappa shape index (κ2) is 5.67. The Kier molecular flexibility index (Phi) is 4.11. The summed E-state index contributed by atoms with van der Waals surface area (Å²) in [6, 6.07) is 0.668. The SMILES string of the molecule is CC1CCC(NC2=NCC3(CCCCC3)CS2)C1C. The Morgan fingerprint density at radius 2 is 1.95 bits per heavy atom. The Balaban J connectivity index is 1.56. The van der Waals surface area contributed by atoms with E-state index in [1.807, 2.05) is 11.8 Å². The minimum absolute atomic E-state index is 0.558. The molecule has 0 amide bonds. The summed E-state index contributed by atoms with van der Waals surface area (Å²) >= 11 is 2.00. The van der Waals surface area contributed by atoms with Crippen molar-refractivity contribution in [2.45, 2.75) is 64.8 Å². The van der Waals surface area contributed by atoms with E-state index in [9.17, 15) is 0 Å². The summed E-state index contributed by atoms with van der Waals surface area (Å²) in [7, 11) is 0. The average Bonchev–Trinajstić information content (AvgIpc) is 2.75. The van der Waals surface area contributed by atoms with Crippen LogP contribution < -0.4 is 5.32 Å². The molecule has 0 bridgehead atoms. The maximum absolute atomic E-state index is 4.90. The first-order chi connectivity index (χ1) is 9.19. The third-order valence-corrected chi connectivity index (χ3v) is 7.04. The van der Waals surface area contributed by atoms with Gasteiger partial charge < -0.3 is 5.32 Å². The molecule has 2 aliphatic carbocycles. The van der Waals surface area contributed by atoms with E-state index in [2.05, 4.69) is 19.2 Å². The van der Waals surface area contributed by atoms with E-state index in [1.165, 1.54) is 55.9 Å². The second-order valence-corrected chi connectivity index (χ2v) is 8.10. The molecule has 0 saturated heterocycles. The van der Waals surface area contributed by atoms with Crippen LogP contribution in [0.25, 0.3) is 0 Å². The Labute approximate surface area is 122 Å². The number of amidine groups is 1. The number of thioether (sulfide) groups is 1. The molecule has 0 aromatic rings. The maximum Gasteiger partial charge on any atom is 0.156 e. The van der Waals surface area contributed by atoms with Gasteiger partial charge >= 0.3 is 0 Å². The van der Waals surface area contributed by atoms with Gasteiger partial charge in [0.1, 0.15) is 0 Å². The fourth-order valence-electron chi connectivity index (χ4n) is 3.97. The first kappa shape index (κ1) is 13.8. The molecule has 3 aliphatic rings. The summed E-state index contributed by atoms with van der Waals surface area (Å²) in [5.41, 5.74) is 0.558. The normalized spacial score (nSPS) is 38.2. The molecule has 108 valence electrons. The van der Waals surface area contributed by atoms with E-state index < -0.39 is 0 Å². The molecule has 3 heteroatoms. The topological polar surface area (TPSA) is 24.4 Å². The van der Waals surface area contributed by atoms with Crippen LogP contribution in [0, 0.1) is 17.3 Å². The number of aliphatic imine (C=N–C) groups is 1. The van der Waals surface area contributed by atoms with Crippen LogP contribution in [0.2, 0.25) is 0 Å². The number of nitrogens with zero attached hydrogens (tertiary/aromatic N) is 1. The van der Waals surface area contributed by atoms with E-state index in [0.29, 0.717) is 11.5 Å². The summed E-state index contributed by atoms with van der Waals surface area (Å²) < 4.78 is 0. The van der Waals surface area contributed by atoms with Crippen LogP contribution in [0.3, 0.4) is 0 Å². The van der Waals surface area contributed by atoms with E-state index in [1.54, 1.807) is 0 Å². The summed E-state index contributed by atoms with van der Waals surface area (Å²) in [5, 5.41) is 4.97. The van der Waals surface area contributed by atoms with Gasteiger partial charge in [-0.3, -0.25) is 4.99 Å². The van der Waals surface area contributed by atoms with E-state index >= 15 is 0 Å². The molecule has 3 atom stereocenters. The first-order valence-electron chi connectivity index (χ1n) is 8.12. The van der Waals surface area contributed by atoms with Crippen molar-refractivity contribution >= 4 is 16.9 Å². The van der Waals surface area contributed by atoms with Crippen molar-refractivity contribution in [1.29, 1.82) is 0 Å². The smallest absolute Gasteiger partial charge is 0.156 e. The monoisotopic (exact) mass is 280 g/mol. The average molecular weight is 280 g/mol. The lowest BCUT2D eigenvalue weighted by molar-refractivity contribution is 0.232. The third kappa shape index (κ3) is 2.96. The molecule has 1 N–H and O–H groups in total. The molecule has 3 unspecified atom stereocenters. The lowest BCUT2D eigenvalue weighted by Gasteiger charge is -2.39. The van der Waals surface area contributed by atoms with Gasteiger partial charge in [-0.15, -0.1) is 0 Å². The Hall–Kier alpha value is -0.180. The van der Waals surface area contributed by atoms with Crippen LogP contribution in [-0.4, -0.2) is 23.5 Å². The van der Waals surface area contributed by atoms with Crippen molar-refractivity contribution < 1.29 is 0 Å². The number of rotatable bonds is 1. The molecule has 0 aromatic carbocycles. The molecular weight excluding hydrogens is 252 g/mol. The van der Waals surface area contributed by atoms with Gasteiger partial charge in [0.2, 0.25) is 0 Å². The van der Waals surface area contributed by atoms with Gasteiger partial charge in [-0.05, 0) is 42.9 Å². The van der Waals surface area contributed by atoms with Gasteiger partial charge in [0.15, 0.2) is 5.17 Å². The van der Waals surface area contributed by atoms with E-state index in [4.69, 9.17) is 4.99 Å². The highest BCUT2D eigenvalue weighted by atomic mass is 32.2. The Morgan fingerprint density at radius 1 is 1.16 bits per heavy atom. The molecule has 1 heterocycles. The lowest BCUT2D eigenvalue weighted by atomic mass is 9.75. The van der Waals surface area contributed by atoms with Crippen LogP contribution in [0.4, 0.5) is 0 Å². The highest BCUT2D eigenvalue weighted by Crippen LogP contribution is 2.42. The minimum atomic E-state index is 0.558. The maximum atomic E-state index is 4.90. The van der Waals surface area contributed by atoms with Crippen molar-refractivity contribution in [3.8, 4) is 0 Å². The summed E-state index contributed by atoms with van der Waals surface area (Å²) in [6.45, 7) is 5.87. The first-order valence-corrected chi connectivity index (χ1v) is 9.11. The van der Waals surface area contributed by atoms with Gasteiger partial charge in [0, 0.05) is 18.3 Å². The number of hydrogen-bond acceptors (Lipinski definition) is 3. The Bertz CT molecular complexity index is 347. The van der Waals surface area contributed by atoms with Crippen LogP contribution in [0.15, 0.2) is 4.99 Å². The zero-order valence-corrected chi connectivity index (χ0v) is 13.3. The van der Waals surface area contributed by atoms with Crippen molar-refractivity contribution in [2.75, 3.05) is 12.3 Å². The van der Waals surface area contributed by atoms with Crippen molar-refractivity contribution in [1.82, 2.24) is 5.32 Å². The largest absolute Gasteiger partial charge is 0.362 e. The Morgan fingerprint density at radius 3 is 2.53 bits per heavy atom. The quantitative estimate of drug-likeness (QED) is 0.783. The molecule has 19 heavy (non-hydrogen) atoms. The minimum Gasteiger partial charge on any atom is -0.362 e. The van der Waals surface area contributed by atoms with Crippen LogP contribution >= 0.6 is 11.8 Å². The fraction of sp³-hybridized carbons (Fsp3) is 0.938. The summed E-state index contributed by atoms with van der Waals surface area (Å²) in [5.74, 6) is 2.97. The van der Waals surface area contributed by atoms with Gasteiger partial charge in [-0.2, -0.15) is 0 Å². The highest BCUT2D eigenvalue weighted by molar-refractivity contribution is 8.13. The van der Waals surface area contributed by atoms with Gasteiger partial charge in [-0.25, -0.2) is 0 Å². The second-order valence-electron chi connectivity index (χ2n) is 7.14. The lowest BCUT2D eigenvalue weighted by Crippen LogP contribution is -2.41. The zero-order chi connectivity index (χ0) is 13.3. The third-order valence-electron chi connectivity index (χ3n) is 5.76. The molecule has 2 fully saturated rings. The van der Waals surface area contributed by atoms with Crippen LogP contribution in [0.5, 0.6) is 0 Å². The van der Waals surface area contributed by atoms with Crippen molar-refractivity contribution in [3.05, 3.63) is 0 Å². The van der Waals surface area contributed by atoms with Crippen LogP contribution in [-0.2, 0) is 0 Å². The zero-order valence-electron chi connectivity index (χ0n) is 12.5. The standard InChI is InChI=1S/C16H28N2S/c1-12-6-7-14(13(12)2)18-15-17-10-16(11-19-15)8-4-3-5-9-16/h12-14H,3-11H2,1-2H3,(H,17,18). The highest BCUT2D eigenvalue weighted by Gasteiger charge is 2.36. The molecule has 0 radical (unpaired) electrons. The summed E-state index contributed by atoms with van der Waals surface area (Å²) in [6.07, 6.45) is 9.82. The van der Waals surface area contributed by atoms with E-state index in [-0.39, 0.29) is 0 Å². The molecule has 2 nitrogen and oxygen atoms in total. The van der Waals surface area contributed by atoms with Gasteiger partial charge in [0.05, 0.1) is 0 Å². The molecule has 2 saturated carbocycles. The molecule has 0 aromatic heterocycles. The van der Waals surface area contributed by atoms with Crippen molar-refractivity contribution in [3.63, 3.8) is 0 Å². The molecule has 1 spiro atoms. The number of hydrogen-bond donors (Lipinski definition) is 1. The predicted molar refractivity (Wildman–Crippen MR) is 84.8 cm³/mol. The molecular formula is C16H28N2S. The molecule has 3 rings (SSSR count). The van der Waals surface area contributed by atoms with Gasteiger partial charge in [0.25, 0.3) is 0 Å². The fourth-order valence-corrected chi connectivity index (χ4v) is 5.18. The van der Waals surface area contributed by atoms with Crippen LogP contribution in [0.1, 0.15) is 58.8 Å². The predicted octanol–water partition coefficient (Wildman–Crippen LogP) is 4.06. The molecule has 1 aliphatic heterocycles. The summed E-state index contributed by atoms with van der Waals surface area (Å²) in [4.78, 5) is 4.90. The van der Waals surface area contributed by atoms with Crippen molar-refractivity contribution in [2.24, 2.45) is 22.2 Å².